The molecular formula is C7H10O4. The van der Waals surface area contributed by atoms with Crippen LogP contribution in [0.25, 0.3) is 0 Å². The Balaban J connectivity index is 4.05. The quantitative estimate of drug-likeness (QED) is 0.437. The highest BCUT2D eigenvalue weighted by Crippen LogP contribution is 1.96. The van der Waals surface area contributed by atoms with Crippen LogP contribution in [0.2, 0.25) is 0 Å². The van der Waals surface area contributed by atoms with E-state index in [1.807, 2.05) is 0 Å². The maximum Gasteiger partial charge on any atom is 0.351 e. The molecule has 4 nitrogen and oxygen atoms in total. The second kappa shape index (κ2) is 4.49. The molecule has 1 atom stereocenters. The highest BCUT2D eigenvalue weighted by molar-refractivity contribution is 5.80. The molecule has 0 rings (SSSR count). The van der Waals surface area contributed by atoms with Crippen molar-refractivity contribution in [2.45, 2.75) is 13.0 Å². The van der Waals surface area contributed by atoms with Crippen LogP contribution in [0.5, 0.6) is 0 Å². The van der Waals surface area contributed by atoms with E-state index in [4.69, 9.17) is 0 Å². The predicted octanol–water partition coefficient (Wildman–Crippen LogP) is 0.277. The van der Waals surface area contributed by atoms with E-state index in [1.54, 1.807) is 0 Å². The van der Waals surface area contributed by atoms with E-state index in [-0.39, 0.29) is 0 Å². The molecule has 0 aliphatic rings. The number of hydrogen-bond acceptors (Lipinski definition) is 4. The summed E-state index contributed by atoms with van der Waals surface area (Å²) < 4.78 is 8.84. The van der Waals surface area contributed by atoms with Crippen molar-refractivity contribution < 1.29 is 19.1 Å². The van der Waals surface area contributed by atoms with Crippen LogP contribution >= 0.6 is 0 Å². The third-order valence-electron chi connectivity index (χ3n) is 0.940. The fourth-order valence-corrected chi connectivity index (χ4v) is 0.487. The summed E-state index contributed by atoms with van der Waals surface area (Å²) >= 11 is 0. The third kappa shape index (κ3) is 3.40. The largest absolute Gasteiger partial charge is 0.466 e. The molecule has 0 N–H and O–H groups in total. The van der Waals surface area contributed by atoms with Gasteiger partial charge in [-0.2, -0.15) is 0 Å². The van der Waals surface area contributed by atoms with Gasteiger partial charge in [0, 0.05) is 6.92 Å². The van der Waals surface area contributed by atoms with Gasteiger partial charge in [0.2, 0.25) is 6.10 Å². The first kappa shape index (κ1) is 9.68. The van der Waals surface area contributed by atoms with Crippen LogP contribution in [-0.4, -0.2) is 25.2 Å². The average molecular weight is 158 g/mol. The van der Waals surface area contributed by atoms with Crippen LogP contribution in [-0.2, 0) is 19.1 Å². The van der Waals surface area contributed by atoms with E-state index in [0.29, 0.717) is 0 Å². The van der Waals surface area contributed by atoms with E-state index < -0.39 is 18.0 Å². The van der Waals surface area contributed by atoms with Crippen molar-refractivity contribution in [3.8, 4) is 0 Å². The fourth-order valence-electron chi connectivity index (χ4n) is 0.487. The minimum atomic E-state index is -0.988. The average Bonchev–Trinajstić information content (AvgIpc) is 1.98. The molecule has 0 aliphatic heterocycles. The maximum absolute atomic E-state index is 10.7. The SMILES string of the molecule is C=CC(OC(C)=O)C(=O)OC. The molecule has 62 valence electrons. The van der Waals surface area contributed by atoms with Gasteiger partial charge in [-0.3, -0.25) is 4.79 Å². The lowest BCUT2D eigenvalue weighted by Gasteiger charge is -2.08. The Hall–Kier alpha value is -1.32. The number of methoxy groups -OCH3 is 1. The first-order chi connectivity index (χ1) is 5.11. The molecule has 0 saturated heterocycles. The molecule has 0 fully saturated rings. The van der Waals surface area contributed by atoms with Gasteiger partial charge in [-0.05, 0) is 6.08 Å². The Morgan fingerprint density at radius 1 is 1.55 bits per heavy atom. The number of rotatable bonds is 3. The zero-order valence-corrected chi connectivity index (χ0v) is 6.49. The lowest BCUT2D eigenvalue weighted by atomic mass is 10.3. The molecule has 0 aromatic heterocycles. The Kier molecular flexibility index (Phi) is 3.95. The smallest absolute Gasteiger partial charge is 0.351 e. The van der Waals surface area contributed by atoms with Crippen molar-refractivity contribution in [3.63, 3.8) is 0 Å². The number of hydrogen-bond donors (Lipinski definition) is 0. The molecule has 0 aromatic carbocycles. The van der Waals surface area contributed by atoms with Gasteiger partial charge < -0.3 is 9.47 Å². The minimum Gasteiger partial charge on any atom is -0.466 e. The topological polar surface area (TPSA) is 52.6 Å². The first-order valence-electron chi connectivity index (χ1n) is 2.99. The minimum absolute atomic E-state index is 0.541. The third-order valence-corrected chi connectivity index (χ3v) is 0.940. The van der Waals surface area contributed by atoms with Crippen LogP contribution < -0.4 is 0 Å². The number of carbonyl (C=O) groups is 2. The summed E-state index contributed by atoms with van der Waals surface area (Å²) in [4.78, 5) is 21.1. The van der Waals surface area contributed by atoms with Gasteiger partial charge in [0.25, 0.3) is 0 Å². The zero-order chi connectivity index (χ0) is 8.85. The fraction of sp³-hybridized carbons (Fsp3) is 0.429. The summed E-state index contributed by atoms with van der Waals surface area (Å²) in [5, 5.41) is 0. The summed E-state index contributed by atoms with van der Waals surface area (Å²) in [7, 11) is 1.21. The monoisotopic (exact) mass is 158 g/mol. The van der Waals surface area contributed by atoms with Gasteiger partial charge in [-0.1, -0.05) is 6.58 Å². The normalized spacial score (nSPS) is 11.5. The molecule has 0 amide bonds. The maximum atomic E-state index is 10.7. The molecule has 1 unspecified atom stereocenters. The van der Waals surface area contributed by atoms with E-state index >= 15 is 0 Å². The molecule has 0 spiro atoms. The summed E-state index contributed by atoms with van der Waals surface area (Å²) in [6.45, 7) is 4.51. The van der Waals surface area contributed by atoms with Crippen LogP contribution in [0.3, 0.4) is 0 Å². The van der Waals surface area contributed by atoms with Gasteiger partial charge in [0.1, 0.15) is 0 Å². The zero-order valence-electron chi connectivity index (χ0n) is 6.49. The predicted molar refractivity (Wildman–Crippen MR) is 37.8 cm³/mol. The molecule has 0 heterocycles. The standard InChI is InChI=1S/C7H10O4/c1-4-6(7(9)10-3)11-5(2)8/h4,6H,1H2,2-3H3. The molecule has 0 aliphatic carbocycles. The van der Waals surface area contributed by atoms with Gasteiger partial charge in [0.05, 0.1) is 7.11 Å². The molecular weight excluding hydrogens is 148 g/mol. The highest BCUT2D eigenvalue weighted by atomic mass is 16.6. The van der Waals surface area contributed by atoms with Crippen molar-refractivity contribution in [3.05, 3.63) is 12.7 Å². The van der Waals surface area contributed by atoms with Gasteiger partial charge in [-0.25, -0.2) is 4.79 Å². The molecule has 0 saturated carbocycles. The van der Waals surface area contributed by atoms with Gasteiger partial charge in [-0.15, -0.1) is 0 Å². The Labute approximate surface area is 64.8 Å². The van der Waals surface area contributed by atoms with Gasteiger partial charge >= 0.3 is 11.9 Å². The Morgan fingerprint density at radius 3 is 2.36 bits per heavy atom. The number of carbonyl (C=O) groups excluding carboxylic acids is 2. The lowest BCUT2D eigenvalue weighted by molar-refractivity contribution is -0.161. The van der Waals surface area contributed by atoms with E-state index in [0.717, 1.165) is 0 Å². The number of ether oxygens (including phenoxy) is 2. The molecule has 0 bridgehead atoms. The van der Waals surface area contributed by atoms with Crippen LogP contribution in [0, 0.1) is 0 Å². The van der Waals surface area contributed by atoms with Crippen molar-refractivity contribution in [2.75, 3.05) is 7.11 Å². The highest BCUT2D eigenvalue weighted by Gasteiger charge is 2.17. The summed E-state index contributed by atoms with van der Waals surface area (Å²) in [6.07, 6.45) is 0.213. The van der Waals surface area contributed by atoms with E-state index in [9.17, 15) is 9.59 Å². The van der Waals surface area contributed by atoms with E-state index in [1.165, 1.54) is 20.1 Å². The van der Waals surface area contributed by atoms with Crippen molar-refractivity contribution in [2.24, 2.45) is 0 Å². The van der Waals surface area contributed by atoms with Crippen LogP contribution in [0.15, 0.2) is 12.7 Å². The summed E-state index contributed by atoms with van der Waals surface area (Å²) in [5.41, 5.74) is 0. The summed E-state index contributed by atoms with van der Waals surface area (Å²) in [5.74, 6) is -1.17. The molecule has 4 heteroatoms. The first-order valence-corrected chi connectivity index (χ1v) is 2.99. The van der Waals surface area contributed by atoms with E-state index in [2.05, 4.69) is 16.1 Å². The van der Waals surface area contributed by atoms with Crippen LogP contribution in [0.4, 0.5) is 0 Å². The van der Waals surface area contributed by atoms with Crippen molar-refractivity contribution in [1.29, 1.82) is 0 Å². The van der Waals surface area contributed by atoms with Crippen molar-refractivity contribution >= 4 is 11.9 Å². The number of esters is 2. The molecule has 0 aromatic rings. The molecule has 11 heavy (non-hydrogen) atoms. The van der Waals surface area contributed by atoms with Crippen LogP contribution in [0.1, 0.15) is 6.92 Å². The van der Waals surface area contributed by atoms with Crippen molar-refractivity contribution in [1.82, 2.24) is 0 Å². The summed E-state index contributed by atoms with van der Waals surface area (Å²) in [6, 6.07) is 0. The Bertz CT molecular complexity index is 173. The Morgan fingerprint density at radius 2 is 2.09 bits per heavy atom. The van der Waals surface area contributed by atoms with Gasteiger partial charge in [0.15, 0.2) is 0 Å². The lowest BCUT2D eigenvalue weighted by Crippen LogP contribution is -2.25. The second-order valence-electron chi connectivity index (χ2n) is 1.79. The second-order valence-corrected chi connectivity index (χ2v) is 1.79. The molecule has 0 radical (unpaired) electrons.